The van der Waals surface area contributed by atoms with E-state index in [1.54, 1.807) is 28.7 Å². The number of amides is 1. The zero-order valence-electron chi connectivity index (χ0n) is 16.6. The molecular weight excluding hydrogens is 386 g/mol. The first-order valence-electron chi connectivity index (χ1n) is 9.54. The Morgan fingerprint density at radius 1 is 1.17 bits per heavy atom. The third-order valence-corrected chi connectivity index (χ3v) is 5.70. The van der Waals surface area contributed by atoms with E-state index in [9.17, 15) is 9.59 Å². The Balaban J connectivity index is 1.57. The van der Waals surface area contributed by atoms with Crippen molar-refractivity contribution in [2.75, 3.05) is 6.61 Å². The average Bonchev–Trinajstić information content (AvgIpc) is 2.70. The molecule has 0 aliphatic rings. The Labute approximate surface area is 174 Å². The molecule has 2 aromatic carbocycles. The number of hydrogen-bond acceptors (Lipinski definition) is 5. The van der Waals surface area contributed by atoms with Crippen molar-refractivity contribution in [3.05, 3.63) is 70.8 Å². The lowest BCUT2D eigenvalue weighted by Gasteiger charge is -2.15. The van der Waals surface area contributed by atoms with Gasteiger partial charge in [-0.3, -0.25) is 14.2 Å². The van der Waals surface area contributed by atoms with Crippen molar-refractivity contribution in [2.24, 2.45) is 5.73 Å². The summed E-state index contributed by atoms with van der Waals surface area (Å²) in [5, 5.41) is 0.694. The van der Waals surface area contributed by atoms with Crippen molar-refractivity contribution in [3.63, 3.8) is 0 Å². The van der Waals surface area contributed by atoms with Gasteiger partial charge in [-0.15, -0.1) is 11.8 Å². The van der Waals surface area contributed by atoms with E-state index in [2.05, 4.69) is 4.98 Å². The number of para-hydroxylation sites is 1. The summed E-state index contributed by atoms with van der Waals surface area (Å²) in [4.78, 5) is 28.4. The molecule has 0 aliphatic carbocycles. The van der Waals surface area contributed by atoms with Crippen LogP contribution in [0.15, 0.2) is 59.7 Å². The van der Waals surface area contributed by atoms with Crippen LogP contribution in [-0.4, -0.2) is 32.6 Å². The highest BCUT2D eigenvalue weighted by atomic mass is 32.2. The molecule has 0 saturated carbocycles. The molecule has 7 heteroatoms. The predicted octanol–water partition coefficient (Wildman–Crippen LogP) is 3.01. The summed E-state index contributed by atoms with van der Waals surface area (Å²) in [5.41, 5.74) is 7.16. The molecule has 29 heavy (non-hydrogen) atoms. The summed E-state index contributed by atoms with van der Waals surface area (Å²) < 4.78 is 7.32. The van der Waals surface area contributed by atoms with Crippen molar-refractivity contribution in [1.29, 1.82) is 0 Å². The third kappa shape index (κ3) is 5.60. The Morgan fingerprint density at radius 3 is 2.59 bits per heavy atom. The van der Waals surface area contributed by atoms with Crippen LogP contribution in [0.3, 0.4) is 0 Å². The number of carbonyl (C=O) groups is 1. The number of nitrogens with zero attached hydrogens (tertiary/aromatic N) is 2. The van der Waals surface area contributed by atoms with E-state index >= 15 is 0 Å². The molecular formula is C22H25N3O3S. The van der Waals surface area contributed by atoms with Crippen molar-refractivity contribution >= 4 is 28.6 Å². The minimum absolute atomic E-state index is 0.0744. The Kier molecular flexibility index (Phi) is 6.93. The van der Waals surface area contributed by atoms with E-state index in [0.717, 1.165) is 5.56 Å². The fourth-order valence-electron chi connectivity index (χ4n) is 3.01. The highest BCUT2D eigenvalue weighted by Gasteiger charge is 2.18. The van der Waals surface area contributed by atoms with Gasteiger partial charge in [-0.25, -0.2) is 4.98 Å². The first-order valence-corrected chi connectivity index (χ1v) is 10.5. The molecule has 3 rings (SSSR count). The fourth-order valence-corrected chi connectivity index (χ4v) is 4.09. The number of rotatable bonds is 9. The van der Waals surface area contributed by atoms with E-state index in [4.69, 9.17) is 10.5 Å². The van der Waals surface area contributed by atoms with Crippen LogP contribution in [0, 0.1) is 0 Å². The van der Waals surface area contributed by atoms with E-state index in [1.807, 2.05) is 56.3 Å². The van der Waals surface area contributed by atoms with Crippen molar-refractivity contribution < 1.29 is 9.53 Å². The summed E-state index contributed by atoms with van der Waals surface area (Å²) in [6, 6.07) is 14.9. The lowest BCUT2D eigenvalue weighted by molar-refractivity contribution is -0.117. The molecule has 1 heterocycles. The minimum Gasteiger partial charge on any atom is -0.492 e. The molecule has 0 radical (unpaired) electrons. The van der Waals surface area contributed by atoms with Gasteiger partial charge in [0.15, 0.2) is 0 Å². The first kappa shape index (κ1) is 20.9. The molecule has 1 amide bonds. The van der Waals surface area contributed by atoms with Crippen LogP contribution in [0.2, 0.25) is 0 Å². The molecule has 0 aliphatic heterocycles. The first-order chi connectivity index (χ1) is 13.9. The molecule has 6 nitrogen and oxygen atoms in total. The number of aromatic nitrogens is 2. The predicted molar refractivity (Wildman–Crippen MR) is 117 cm³/mol. The van der Waals surface area contributed by atoms with Gasteiger partial charge in [-0.1, -0.05) is 38.1 Å². The van der Waals surface area contributed by atoms with Gasteiger partial charge in [0.05, 0.1) is 29.0 Å². The van der Waals surface area contributed by atoms with Gasteiger partial charge in [-0.05, 0) is 41.5 Å². The number of primary amides is 1. The monoisotopic (exact) mass is 411 g/mol. The highest BCUT2D eigenvalue weighted by molar-refractivity contribution is 8.01. The van der Waals surface area contributed by atoms with E-state index in [0.29, 0.717) is 41.5 Å². The number of thioether (sulfide) groups is 1. The van der Waals surface area contributed by atoms with Crippen LogP contribution in [0.4, 0.5) is 0 Å². The van der Waals surface area contributed by atoms with Crippen LogP contribution in [0.1, 0.15) is 19.4 Å². The number of hydrogen-bond donors (Lipinski definition) is 1. The number of carbonyl (C=O) groups excluding carboxylic acids is 1. The lowest BCUT2D eigenvalue weighted by atomic mass is 10.1. The van der Waals surface area contributed by atoms with Crippen molar-refractivity contribution in [2.45, 2.75) is 37.3 Å². The highest BCUT2D eigenvalue weighted by Crippen LogP contribution is 2.22. The van der Waals surface area contributed by atoms with Gasteiger partial charge in [0.25, 0.3) is 5.56 Å². The largest absolute Gasteiger partial charge is 0.492 e. The molecule has 1 atom stereocenters. The summed E-state index contributed by atoms with van der Waals surface area (Å²) >= 11 is 1.58. The number of benzene rings is 2. The van der Waals surface area contributed by atoms with Gasteiger partial charge in [0, 0.05) is 0 Å². The zero-order chi connectivity index (χ0) is 20.8. The maximum atomic E-state index is 12.5. The lowest BCUT2D eigenvalue weighted by Crippen LogP contribution is -2.29. The number of fused-ring (bicyclic) bond motifs is 1. The standard InChI is InChI=1S/C22H25N3O3S/c1-15(2)29-20(21(23)26)13-16-7-9-17(10-8-16)28-12-11-25-14-24-19-6-4-3-5-18(19)22(25)27/h3-10,14-15,20H,11-13H2,1-2H3,(H2,23,26). The van der Waals surface area contributed by atoms with Crippen molar-refractivity contribution in [3.8, 4) is 5.75 Å². The summed E-state index contributed by atoms with van der Waals surface area (Å²) in [6.07, 6.45) is 2.14. The Morgan fingerprint density at radius 2 is 1.90 bits per heavy atom. The van der Waals surface area contributed by atoms with Gasteiger partial charge >= 0.3 is 0 Å². The third-order valence-electron chi connectivity index (χ3n) is 4.43. The van der Waals surface area contributed by atoms with E-state index in [-0.39, 0.29) is 16.7 Å². The van der Waals surface area contributed by atoms with E-state index in [1.165, 1.54) is 0 Å². The zero-order valence-corrected chi connectivity index (χ0v) is 17.4. The number of nitrogens with two attached hydrogens (primary N) is 1. The number of ether oxygens (including phenoxy) is 1. The van der Waals surface area contributed by atoms with Crippen LogP contribution >= 0.6 is 11.8 Å². The van der Waals surface area contributed by atoms with Crippen LogP contribution < -0.4 is 16.0 Å². The minimum atomic E-state index is -0.293. The normalized spacial score (nSPS) is 12.2. The summed E-state index contributed by atoms with van der Waals surface area (Å²) in [7, 11) is 0. The molecule has 0 fully saturated rings. The second kappa shape index (κ2) is 9.60. The maximum absolute atomic E-state index is 12.5. The van der Waals surface area contributed by atoms with Gasteiger partial charge < -0.3 is 10.5 Å². The molecule has 152 valence electrons. The molecule has 0 spiro atoms. The molecule has 3 aromatic rings. The molecule has 0 saturated heterocycles. The molecule has 0 bridgehead atoms. The topological polar surface area (TPSA) is 87.2 Å². The van der Waals surface area contributed by atoms with Gasteiger partial charge in [0.2, 0.25) is 5.91 Å². The average molecular weight is 412 g/mol. The van der Waals surface area contributed by atoms with E-state index < -0.39 is 0 Å². The quantitative estimate of drug-likeness (QED) is 0.585. The molecule has 2 N–H and O–H groups in total. The van der Waals surface area contributed by atoms with Crippen LogP contribution in [0.5, 0.6) is 5.75 Å². The summed E-state index contributed by atoms with van der Waals surface area (Å²) in [6.45, 7) is 4.86. The van der Waals surface area contributed by atoms with Crippen molar-refractivity contribution in [1.82, 2.24) is 9.55 Å². The fraction of sp³-hybridized carbons (Fsp3) is 0.318. The molecule has 1 unspecified atom stereocenters. The SMILES string of the molecule is CC(C)SC(Cc1ccc(OCCn2cnc3ccccc3c2=O)cc1)C(N)=O. The maximum Gasteiger partial charge on any atom is 0.261 e. The Bertz CT molecular complexity index is 1030. The Hall–Kier alpha value is -2.80. The second-order valence-corrected chi connectivity index (χ2v) is 8.82. The second-order valence-electron chi connectivity index (χ2n) is 7.03. The van der Waals surface area contributed by atoms with Gasteiger partial charge in [-0.2, -0.15) is 0 Å². The van der Waals surface area contributed by atoms with Crippen LogP contribution in [0.25, 0.3) is 10.9 Å². The van der Waals surface area contributed by atoms with Crippen LogP contribution in [-0.2, 0) is 17.8 Å². The van der Waals surface area contributed by atoms with Gasteiger partial charge in [0.1, 0.15) is 12.4 Å². The summed E-state index contributed by atoms with van der Waals surface area (Å²) in [5.74, 6) is 0.418. The molecule has 1 aromatic heterocycles. The smallest absolute Gasteiger partial charge is 0.261 e.